The average Bonchev–Trinajstić information content (AvgIpc) is 2.94. The molecule has 0 saturated heterocycles. The van der Waals surface area contributed by atoms with Crippen LogP contribution < -0.4 is 5.32 Å². The number of rotatable bonds is 8. The second-order valence-corrected chi connectivity index (χ2v) is 11.9. The summed E-state index contributed by atoms with van der Waals surface area (Å²) in [6, 6.07) is 17.7. The number of hydrogen-bond donors (Lipinski definition) is 1. The van der Waals surface area contributed by atoms with Crippen LogP contribution in [-0.2, 0) is 34.1 Å². The first-order valence-electron chi connectivity index (χ1n) is 12.8. The number of carbonyl (C=O) groups excluding carboxylic acids is 2. The molecule has 2 aromatic carbocycles. The zero-order valence-corrected chi connectivity index (χ0v) is 22.7. The summed E-state index contributed by atoms with van der Waals surface area (Å²) in [7, 11) is -3.26. The lowest BCUT2D eigenvalue weighted by atomic mass is 9.90. The lowest BCUT2D eigenvalue weighted by molar-refractivity contribution is 0.0650. The van der Waals surface area contributed by atoms with Crippen molar-refractivity contribution in [3.63, 3.8) is 0 Å². The van der Waals surface area contributed by atoms with E-state index in [-0.39, 0.29) is 47.8 Å². The molecule has 38 heavy (non-hydrogen) atoms. The molecule has 0 saturated carbocycles. The van der Waals surface area contributed by atoms with Crippen molar-refractivity contribution in [2.45, 2.75) is 51.3 Å². The summed E-state index contributed by atoms with van der Waals surface area (Å²) < 4.78 is 29.6. The maximum Gasteiger partial charge on any atom is 0.410 e. The van der Waals surface area contributed by atoms with E-state index in [1.165, 1.54) is 0 Å². The Bertz CT molecular complexity index is 1390. The van der Waals surface area contributed by atoms with Gasteiger partial charge in [0.15, 0.2) is 9.84 Å². The molecule has 1 aliphatic rings. The van der Waals surface area contributed by atoms with Crippen LogP contribution in [0.4, 0.5) is 4.79 Å². The minimum absolute atomic E-state index is 0.0404. The van der Waals surface area contributed by atoms with Gasteiger partial charge in [-0.3, -0.25) is 14.7 Å². The summed E-state index contributed by atoms with van der Waals surface area (Å²) in [5.41, 5.74) is 3.89. The van der Waals surface area contributed by atoms with E-state index in [9.17, 15) is 18.0 Å². The molecule has 0 radical (unpaired) electrons. The molecule has 200 valence electrons. The number of nitrogens with zero attached hydrogens (tertiary/aromatic N) is 2. The topological polar surface area (TPSA) is 106 Å². The summed E-state index contributed by atoms with van der Waals surface area (Å²) in [6.45, 7) is 6.63. The predicted molar refractivity (Wildman–Crippen MR) is 144 cm³/mol. The van der Waals surface area contributed by atoms with Crippen LogP contribution in [0.5, 0.6) is 0 Å². The number of benzene rings is 2. The van der Waals surface area contributed by atoms with Crippen molar-refractivity contribution < 1.29 is 22.7 Å². The second-order valence-electron chi connectivity index (χ2n) is 9.67. The van der Waals surface area contributed by atoms with Gasteiger partial charge in [-0.2, -0.15) is 0 Å². The van der Waals surface area contributed by atoms with Crippen LogP contribution in [0.15, 0.2) is 71.8 Å². The molecule has 1 atom stereocenters. The molecule has 0 fully saturated rings. The van der Waals surface area contributed by atoms with Gasteiger partial charge in [-0.05, 0) is 47.2 Å². The second kappa shape index (κ2) is 11.8. The number of nitrogens with one attached hydrogen (secondary N) is 1. The Hall–Kier alpha value is -3.72. The van der Waals surface area contributed by atoms with Crippen LogP contribution >= 0.6 is 0 Å². The molecule has 4 rings (SSSR count). The Morgan fingerprint density at radius 3 is 2.45 bits per heavy atom. The van der Waals surface area contributed by atoms with Gasteiger partial charge < -0.3 is 10.1 Å². The number of aromatic nitrogens is 1. The van der Waals surface area contributed by atoms with Gasteiger partial charge in [0.25, 0.3) is 5.91 Å². The smallest absolute Gasteiger partial charge is 0.410 e. The first-order chi connectivity index (χ1) is 18.2. The van der Waals surface area contributed by atoms with Gasteiger partial charge in [-0.25, -0.2) is 13.2 Å². The van der Waals surface area contributed by atoms with Crippen molar-refractivity contribution in [1.82, 2.24) is 15.2 Å². The van der Waals surface area contributed by atoms with Crippen molar-refractivity contribution in [3.05, 3.63) is 94.8 Å². The van der Waals surface area contributed by atoms with Crippen LogP contribution in [0.25, 0.3) is 0 Å². The van der Waals surface area contributed by atoms with Crippen LogP contribution in [0, 0.1) is 5.92 Å². The van der Waals surface area contributed by atoms with Gasteiger partial charge in [0.2, 0.25) is 0 Å². The number of ether oxygens (including phenoxy) is 1. The Balaban J connectivity index is 1.42. The molecule has 9 heteroatoms. The molecular formula is C29H33N3O5S. The Morgan fingerprint density at radius 2 is 1.79 bits per heavy atom. The number of pyridine rings is 1. The first-order valence-corrected chi connectivity index (χ1v) is 14.4. The van der Waals surface area contributed by atoms with Gasteiger partial charge in [0.05, 0.1) is 27.9 Å². The monoisotopic (exact) mass is 535 g/mol. The van der Waals surface area contributed by atoms with E-state index in [1.54, 1.807) is 42.3 Å². The zero-order chi connectivity index (χ0) is 27.3. The van der Waals surface area contributed by atoms with Gasteiger partial charge >= 0.3 is 6.09 Å². The van der Waals surface area contributed by atoms with Gasteiger partial charge in [-0.1, -0.05) is 63.2 Å². The van der Waals surface area contributed by atoms with E-state index in [1.807, 2.05) is 50.2 Å². The van der Waals surface area contributed by atoms with E-state index in [2.05, 4.69) is 10.3 Å². The largest absolute Gasteiger partial charge is 0.445 e. The summed E-state index contributed by atoms with van der Waals surface area (Å²) >= 11 is 0. The van der Waals surface area contributed by atoms with Crippen molar-refractivity contribution in [1.29, 1.82) is 0 Å². The van der Waals surface area contributed by atoms with Crippen molar-refractivity contribution >= 4 is 21.8 Å². The Morgan fingerprint density at radius 1 is 1.08 bits per heavy atom. The number of hydrogen-bond acceptors (Lipinski definition) is 6. The summed E-state index contributed by atoms with van der Waals surface area (Å²) in [6.07, 6.45) is 1.74. The van der Waals surface area contributed by atoms with Crippen LogP contribution in [0.2, 0.25) is 0 Å². The lowest BCUT2D eigenvalue weighted by Crippen LogP contribution is -2.43. The van der Waals surface area contributed by atoms with Gasteiger partial charge in [0.1, 0.15) is 6.61 Å². The number of sulfone groups is 1. The molecule has 1 unspecified atom stereocenters. The third-order valence-corrected chi connectivity index (χ3v) is 8.44. The van der Waals surface area contributed by atoms with E-state index in [0.717, 1.165) is 22.4 Å². The fraction of sp³-hybridized carbons (Fsp3) is 0.345. The minimum atomic E-state index is -3.26. The molecular weight excluding hydrogens is 502 g/mol. The third kappa shape index (κ3) is 6.22. The third-order valence-electron chi connectivity index (χ3n) is 6.69. The highest BCUT2D eigenvalue weighted by molar-refractivity contribution is 7.91. The molecule has 3 aromatic rings. The van der Waals surface area contributed by atoms with E-state index < -0.39 is 9.84 Å². The fourth-order valence-corrected chi connectivity index (χ4v) is 5.47. The summed E-state index contributed by atoms with van der Waals surface area (Å²) in [5.74, 6) is -0.125. The molecule has 0 aliphatic carbocycles. The maximum absolute atomic E-state index is 13.0. The highest BCUT2D eigenvalue weighted by Crippen LogP contribution is 2.34. The fourth-order valence-electron chi connectivity index (χ4n) is 4.59. The van der Waals surface area contributed by atoms with Crippen LogP contribution in [-0.4, -0.2) is 42.6 Å². The van der Waals surface area contributed by atoms with Crippen molar-refractivity contribution in [3.8, 4) is 0 Å². The maximum atomic E-state index is 13.0. The van der Waals surface area contributed by atoms with Gasteiger partial charge in [0, 0.05) is 19.3 Å². The normalized spacial score (nSPS) is 15.2. The predicted octanol–water partition coefficient (Wildman–Crippen LogP) is 4.70. The van der Waals surface area contributed by atoms with E-state index >= 15 is 0 Å². The Kier molecular flexibility index (Phi) is 8.46. The molecule has 2 amide bonds. The number of amides is 2. The van der Waals surface area contributed by atoms with Crippen molar-refractivity contribution in [2.24, 2.45) is 5.92 Å². The number of carbonyl (C=O) groups is 2. The molecule has 1 N–H and O–H groups in total. The molecule has 0 bridgehead atoms. The summed E-state index contributed by atoms with van der Waals surface area (Å²) in [4.78, 5) is 32.4. The van der Waals surface area contributed by atoms with E-state index in [0.29, 0.717) is 18.5 Å². The van der Waals surface area contributed by atoms with Gasteiger partial charge in [-0.15, -0.1) is 0 Å². The lowest BCUT2D eigenvalue weighted by Gasteiger charge is -2.38. The van der Waals surface area contributed by atoms with Crippen molar-refractivity contribution in [2.75, 3.05) is 12.3 Å². The summed E-state index contributed by atoms with van der Waals surface area (Å²) in [5, 5.41) is 2.87. The number of fused-ring (bicyclic) bond motifs is 1. The Labute approximate surface area is 224 Å². The molecule has 2 heterocycles. The quantitative estimate of drug-likeness (QED) is 0.448. The molecule has 0 spiro atoms. The van der Waals surface area contributed by atoms with E-state index in [4.69, 9.17) is 4.74 Å². The minimum Gasteiger partial charge on any atom is -0.445 e. The SMILES string of the molecule is CCS(=O)(=O)c1ccc(CNC(=O)c2cnc3c(c2)CCN(C(=O)OCc2ccccc2)C3C(C)C)cc1. The zero-order valence-electron chi connectivity index (χ0n) is 21.9. The highest BCUT2D eigenvalue weighted by Gasteiger charge is 2.35. The average molecular weight is 536 g/mol. The highest BCUT2D eigenvalue weighted by atomic mass is 32.2. The first kappa shape index (κ1) is 27.3. The molecule has 8 nitrogen and oxygen atoms in total. The molecule has 1 aromatic heterocycles. The van der Waals surface area contributed by atoms with Crippen LogP contribution in [0.3, 0.4) is 0 Å². The standard InChI is InChI=1S/C29H33N3O5S/c1-4-38(35,36)25-12-10-21(11-13-25)17-31-28(33)24-16-23-14-15-32(27(20(2)3)26(23)30-18-24)29(34)37-19-22-8-6-5-7-9-22/h5-13,16,18,20,27H,4,14-15,17,19H2,1-3H3,(H,31,33). The molecule has 1 aliphatic heterocycles. The van der Waals surface area contributed by atoms with Crippen LogP contribution in [0.1, 0.15) is 59.6 Å².